The van der Waals surface area contributed by atoms with Crippen LogP contribution in [0.2, 0.25) is 0 Å². The summed E-state index contributed by atoms with van der Waals surface area (Å²) in [5.74, 6) is 0. The summed E-state index contributed by atoms with van der Waals surface area (Å²) in [4.78, 5) is 0. The van der Waals surface area contributed by atoms with Gasteiger partial charge < -0.3 is 28.8 Å². The molecule has 0 saturated heterocycles. The topological polar surface area (TPSA) is 18.5 Å². The molecule has 0 rings (SSSR count). The molecule has 0 bridgehead atoms. The van der Waals surface area contributed by atoms with Crippen LogP contribution in [0, 0.1) is 6.92 Å². The SMILES string of the molecule is [CH2-]CCCCC(OCCC)OCCC.[Cl-].[Mg+2]. The van der Waals surface area contributed by atoms with E-state index in [-0.39, 0.29) is 41.7 Å². The van der Waals surface area contributed by atoms with Crippen molar-refractivity contribution in [2.24, 2.45) is 0 Å². The number of halogens is 1. The number of unbranched alkanes of at least 4 members (excludes halogenated alkanes) is 2. The van der Waals surface area contributed by atoms with Gasteiger partial charge in [-0.3, -0.25) is 0 Å². The van der Waals surface area contributed by atoms with Gasteiger partial charge in [0.2, 0.25) is 0 Å². The first kappa shape index (κ1) is 22.2. The maximum Gasteiger partial charge on any atom is 2.00 e. The first-order valence-corrected chi connectivity index (χ1v) is 5.87. The van der Waals surface area contributed by atoms with Gasteiger partial charge in [-0.15, -0.1) is 0 Å². The Kier molecular flexibility index (Phi) is 25.4. The van der Waals surface area contributed by atoms with Crippen LogP contribution in [0.1, 0.15) is 52.4 Å². The molecular weight excluding hydrogens is 236 g/mol. The largest absolute Gasteiger partial charge is 2.00 e. The molecule has 16 heavy (non-hydrogen) atoms. The van der Waals surface area contributed by atoms with Gasteiger partial charge in [0.25, 0.3) is 0 Å². The van der Waals surface area contributed by atoms with Crippen LogP contribution in [0.4, 0.5) is 0 Å². The standard InChI is InChI=1S/C12H25O2.ClH.Mg/c1-4-7-8-9-12(13-10-5-2)14-11-6-3;;/h12H,1,4-11H2,2-3H3;1H;/q-1;;+2/p-1. The zero-order valence-electron chi connectivity index (χ0n) is 10.8. The Balaban J connectivity index is -0.000000845. The third-order valence-electron chi connectivity index (χ3n) is 1.96. The van der Waals surface area contributed by atoms with Crippen molar-refractivity contribution in [3.05, 3.63) is 6.92 Å². The van der Waals surface area contributed by atoms with Crippen molar-refractivity contribution >= 4 is 23.1 Å². The van der Waals surface area contributed by atoms with Crippen molar-refractivity contribution < 1.29 is 21.9 Å². The minimum absolute atomic E-state index is 0. The molecule has 0 aromatic heterocycles. The van der Waals surface area contributed by atoms with Crippen molar-refractivity contribution in [2.45, 2.75) is 58.7 Å². The summed E-state index contributed by atoms with van der Waals surface area (Å²) in [6.07, 6.45) is 6.47. The molecule has 0 aromatic carbocycles. The van der Waals surface area contributed by atoms with Crippen LogP contribution >= 0.6 is 0 Å². The molecule has 0 amide bonds. The molecule has 0 aliphatic heterocycles. The number of hydrogen-bond donors (Lipinski definition) is 0. The quantitative estimate of drug-likeness (QED) is 0.242. The Bertz CT molecular complexity index is 107. The predicted molar refractivity (Wildman–Crippen MR) is 65.9 cm³/mol. The average Bonchev–Trinajstić information content (AvgIpc) is 2.21. The van der Waals surface area contributed by atoms with Crippen molar-refractivity contribution in [1.82, 2.24) is 0 Å². The van der Waals surface area contributed by atoms with Gasteiger partial charge in [-0.05, 0) is 19.3 Å². The van der Waals surface area contributed by atoms with Crippen LogP contribution in [0.3, 0.4) is 0 Å². The van der Waals surface area contributed by atoms with Gasteiger partial charge in [-0.2, -0.15) is 6.42 Å². The summed E-state index contributed by atoms with van der Waals surface area (Å²) in [5.41, 5.74) is 0. The molecule has 0 fully saturated rings. The van der Waals surface area contributed by atoms with Crippen molar-refractivity contribution in [2.75, 3.05) is 13.2 Å². The molecule has 0 spiro atoms. The monoisotopic (exact) mass is 260 g/mol. The summed E-state index contributed by atoms with van der Waals surface area (Å²) in [6, 6.07) is 0. The molecule has 94 valence electrons. The second-order valence-corrected chi connectivity index (χ2v) is 3.52. The summed E-state index contributed by atoms with van der Waals surface area (Å²) in [6.45, 7) is 9.67. The van der Waals surface area contributed by atoms with E-state index < -0.39 is 0 Å². The molecule has 0 unspecified atom stereocenters. The maximum atomic E-state index is 5.60. The maximum absolute atomic E-state index is 5.60. The van der Waals surface area contributed by atoms with E-state index in [9.17, 15) is 0 Å². The molecular formula is C12H25ClMgO2. The summed E-state index contributed by atoms with van der Waals surface area (Å²) in [5, 5.41) is 0. The molecule has 0 heterocycles. The third kappa shape index (κ3) is 15.0. The zero-order valence-corrected chi connectivity index (χ0v) is 13.0. The summed E-state index contributed by atoms with van der Waals surface area (Å²) >= 11 is 0. The van der Waals surface area contributed by atoms with Crippen LogP contribution in [-0.4, -0.2) is 42.6 Å². The Labute approximate surface area is 123 Å². The van der Waals surface area contributed by atoms with E-state index in [0.717, 1.165) is 45.3 Å². The van der Waals surface area contributed by atoms with E-state index in [1.54, 1.807) is 0 Å². The molecule has 0 atom stereocenters. The molecule has 0 aromatic rings. The second-order valence-electron chi connectivity index (χ2n) is 3.52. The van der Waals surface area contributed by atoms with Gasteiger partial charge >= 0.3 is 23.1 Å². The molecule has 0 radical (unpaired) electrons. The van der Waals surface area contributed by atoms with Gasteiger partial charge in [0, 0.05) is 13.2 Å². The molecule has 2 nitrogen and oxygen atoms in total. The Morgan fingerprint density at radius 2 is 1.50 bits per heavy atom. The van der Waals surface area contributed by atoms with Gasteiger partial charge in [-0.1, -0.05) is 26.7 Å². The first-order valence-electron chi connectivity index (χ1n) is 5.87. The first-order chi connectivity index (χ1) is 6.85. The van der Waals surface area contributed by atoms with Crippen molar-refractivity contribution in [3.63, 3.8) is 0 Å². The van der Waals surface area contributed by atoms with Crippen molar-refractivity contribution in [1.29, 1.82) is 0 Å². The van der Waals surface area contributed by atoms with Crippen LogP contribution in [0.25, 0.3) is 0 Å². The fraction of sp³-hybridized carbons (Fsp3) is 0.917. The fourth-order valence-electron chi connectivity index (χ4n) is 1.20. The Morgan fingerprint density at radius 1 is 1.00 bits per heavy atom. The minimum atomic E-state index is 0. The smallest absolute Gasteiger partial charge is 1.00 e. The van der Waals surface area contributed by atoms with E-state index in [1.807, 2.05) is 0 Å². The Morgan fingerprint density at radius 3 is 1.88 bits per heavy atom. The molecule has 4 heteroatoms. The van der Waals surface area contributed by atoms with Gasteiger partial charge in [0.1, 0.15) is 0 Å². The van der Waals surface area contributed by atoms with Crippen LogP contribution in [-0.2, 0) is 9.47 Å². The number of rotatable bonds is 10. The number of ether oxygens (including phenoxy) is 2. The molecule has 0 aliphatic rings. The zero-order chi connectivity index (χ0) is 10.6. The third-order valence-corrected chi connectivity index (χ3v) is 1.96. The minimum Gasteiger partial charge on any atom is -1.00 e. The van der Waals surface area contributed by atoms with E-state index >= 15 is 0 Å². The number of hydrogen-bond acceptors (Lipinski definition) is 2. The normalized spacial score (nSPS) is 9.75. The van der Waals surface area contributed by atoms with Crippen LogP contribution in [0.5, 0.6) is 0 Å². The van der Waals surface area contributed by atoms with Crippen LogP contribution in [0.15, 0.2) is 0 Å². The van der Waals surface area contributed by atoms with Crippen molar-refractivity contribution in [3.8, 4) is 0 Å². The van der Waals surface area contributed by atoms with E-state index in [4.69, 9.17) is 9.47 Å². The summed E-state index contributed by atoms with van der Waals surface area (Å²) < 4.78 is 11.2. The van der Waals surface area contributed by atoms with E-state index in [2.05, 4.69) is 20.8 Å². The van der Waals surface area contributed by atoms with E-state index in [0.29, 0.717) is 0 Å². The molecule has 0 aliphatic carbocycles. The fourth-order valence-corrected chi connectivity index (χ4v) is 1.20. The molecule has 0 saturated carbocycles. The predicted octanol–water partition coefficient (Wildman–Crippen LogP) is 0.183. The van der Waals surface area contributed by atoms with Gasteiger partial charge in [-0.25, -0.2) is 0 Å². The molecule has 0 N–H and O–H groups in total. The van der Waals surface area contributed by atoms with Gasteiger partial charge in [0.15, 0.2) is 6.29 Å². The van der Waals surface area contributed by atoms with E-state index in [1.165, 1.54) is 6.42 Å². The Hall–Kier alpha value is 0.976. The summed E-state index contributed by atoms with van der Waals surface area (Å²) in [7, 11) is 0. The van der Waals surface area contributed by atoms with Gasteiger partial charge in [0.05, 0.1) is 0 Å². The van der Waals surface area contributed by atoms with Crippen LogP contribution < -0.4 is 12.4 Å². The second kappa shape index (κ2) is 18.3. The average molecular weight is 261 g/mol.